The Hall–Kier alpha value is 0. The van der Waals surface area contributed by atoms with Crippen molar-refractivity contribution in [2.45, 2.75) is 114 Å². The first kappa shape index (κ1) is 26.5. The highest BCUT2D eigenvalue weighted by atomic mass is 14.0. The molecule has 116 valence electrons. The Balaban J connectivity index is -0.0000000791. The number of hydrogen-bond acceptors (Lipinski definition) is 0. The number of hydrogen-bond donors (Lipinski definition) is 0. The minimum atomic E-state index is 0.949. The van der Waals surface area contributed by atoms with E-state index < -0.39 is 0 Å². The van der Waals surface area contributed by atoms with Crippen LogP contribution in [0.5, 0.6) is 0 Å². The second kappa shape index (κ2) is 36.0. The maximum atomic E-state index is 2.31. The molecule has 1 atom stereocenters. The monoisotopic (exact) mass is 260 g/mol. The van der Waals surface area contributed by atoms with E-state index in [2.05, 4.69) is 48.5 Å². The van der Waals surface area contributed by atoms with Gasteiger partial charge < -0.3 is 0 Å². The second-order valence-electron chi connectivity index (χ2n) is 4.66. The molecule has 0 rings (SSSR count). The van der Waals surface area contributed by atoms with Gasteiger partial charge in [-0.1, -0.05) is 114 Å². The molecule has 0 amide bonds. The third-order valence-corrected chi connectivity index (χ3v) is 2.69. The van der Waals surface area contributed by atoms with Crippen molar-refractivity contribution in [3.63, 3.8) is 0 Å². The van der Waals surface area contributed by atoms with Crippen LogP contribution in [0.1, 0.15) is 114 Å². The Morgan fingerprint density at radius 3 is 1.06 bits per heavy atom. The van der Waals surface area contributed by atoms with E-state index in [0.29, 0.717) is 0 Å². The molecule has 0 aliphatic carbocycles. The van der Waals surface area contributed by atoms with Crippen LogP contribution in [-0.4, -0.2) is 0 Å². The number of rotatable bonds is 6. The van der Waals surface area contributed by atoms with Crippen LogP contribution in [0.25, 0.3) is 0 Å². The molecule has 0 nitrogen and oxygen atoms in total. The van der Waals surface area contributed by atoms with Gasteiger partial charge in [0.05, 0.1) is 0 Å². The molecule has 1 unspecified atom stereocenters. The molecule has 18 heavy (non-hydrogen) atoms. The Labute approximate surface area is 120 Å². The average molecular weight is 261 g/mol. The highest BCUT2D eigenvalue weighted by Crippen LogP contribution is 2.07. The van der Waals surface area contributed by atoms with Gasteiger partial charge in [0.2, 0.25) is 0 Å². The summed E-state index contributed by atoms with van der Waals surface area (Å²) in [4.78, 5) is 0. The fourth-order valence-electron chi connectivity index (χ4n) is 1.05. The van der Waals surface area contributed by atoms with E-state index in [1.54, 1.807) is 0 Å². The van der Waals surface area contributed by atoms with Crippen LogP contribution in [0.4, 0.5) is 0 Å². The van der Waals surface area contributed by atoms with Gasteiger partial charge >= 0.3 is 0 Å². The van der Waals surface area contributed by atoms with Crippen molar-refractivity contribution < 1.29 is 0 Å². The molecule has 0 aromatic carbocycles. The zero-order valence-electron chi connectivity index (χ0n) is 15.2. The molecule has 0 radical (unpaired) electrons. The molecule has 0 aromatic rings. The van der Waals surface area contributed by atoms with Crippen molar-refractivity contribution >= 4 is 0 Å². The highest BCUT2D eigenvalue weighted by molar-refractivity contribution is 4.45. The van der Waals surface area contributed by atoms with Crippen LogP contribution in [0.15, 0.2) is 0 Å². The second-order valence-corrected chi connectivity index (χ2v) is 4.66. The van der Waals surface area contributed by atoms with Crippen molar-refractivity contribution in [2.75, 3.05) is 0 Å². The molecule has 0 N–H and O–H groups in total. The molecule has 0 aromatic heterocycles. The SMILES string of the molecule is CC.CCCC.CCCC(C)CC.CCCCC. The zero-order valence-corrected chi connectivity index (χ0v) is 15.2. The van der Waals surface area contributed by atoms with Gasteiger partial charge in [-0.25, -0.2) is 0 Å². The molecular weight excluding hydrogens is 216 g/mol. The fourth-order valence-corrected chi connectivity index (χ4v) is 1.05. The first-order valence-corrected chi connectivity index (χ1v) is 8.64. The molecule has 0 saturated heterocycles. The first-order valence-electron chi connectivity index (χ1n) is 8.64. The number of unbranched alkanes of at least 4 members (excludes halogenated alkanes) is 3. The van der Waals surface area contributed by atoms with E-state index in [9.17, 15) is 0 Å². The van der Waals surface area contributed by atoms with Crippen LogP contribution >= 0.6 is 0 Å². The smallest absolute Gasteiger partial charge is 0.0446 e. The summed E-state index contributed by atoms with van der Waals surface area (Å²) in [5, 5.41) is 0. The third kappa shape index (κ3) is 56.2. The van der Waals surface area contributed by atoms with Gasteiger partial charge in [0.15, 0.2) is 0 Å². The first-order chi connectivity index (χ1) is 8.64. The normalized spacial score (nSPS) is 9.83. The molecule has 0 saturated carbocycles. The standard InChI is InChI=1S/C7H16.C5H12.C4H10.C2H6/c1-4-6-7(3)5-2;1-3-5-4-2;1-3-4-2;1-2/h7H,4-6H2,1-3H3;3-5H2,1-2H3;3-4H2,1-2H3;1-2H3. The van der Waals surface area contributed by atoms with Gasteiger partial charge in [0, 0.05) is 0 Å². The third-order valence-electron chi connectivity index (χ3n) is 2.69. The average Bonchev–Trinajstić information content (AvgIpc) is 2.43. The summed E-state index contributed by atoms with van der Waals surface area (Å²) in [5.41, 5.74) is 0. The molecule has 0 spiro atoms. The maximum absolute atomic E-state index is 2.31. The Morgan fingerprint density at radius 1 is 0.611 bits per heavy atom. The topological polar surface area (TPSA) is 0 Å². The molecule has 0 aliphatic rings. The van der Waals surface area contributed by atoms with E-state index >= 15 is 0 Å². The van der Waals surface area contributed by atoms with E-state index in [1.165, 1.54) is 51.4 Å². The summed E-state index contributed by atoms with van der Waals surface area (Å²) in [6.07, 6.45) is 10.8. The minimum absolute atomic E-state index is 0.949. The molecule has 0 aliphatic heterocycles. The molecule has 0 fully saturated rings. The highest BCUT2D eigenvalue weighted by Gasteiger charge is 1.92. The van der Waals surface area contributed by atoms with Crippen LogP contribution in [-0.2, 0) is 0 Å². The van der Waals surface area contributed by atoms with E-state index in [0.717, 1.165) is 5.92 Å². The minimum Gasteiger partial charge on any atom is -0.0683 e. The summed E-state index contributed by atoms with van der Waals surface area (Å²) < 4.78 is 0. The predicted molar refractivity (Wildman–Crippen MR) is 91.5 cm³/mol. The van der Waals surface area contributed by atoms with Crippen molar-refractivity contribution in [3.05, 3.63) is 0 Å². The van der Waals surface area contributed by atoms with E-state index in [4.69, 9.17) is 0 Å². The summed E-state index contributed by atoms with van der Waals surface area (Å²) in [6.45, 7) is 19.6. The van der Waals surface area contributed by atoms with E-state index in [-0.39, 0.29) is 0 Å². The van der Waals surface area contributed by atoms with Crippen molar-refractivity contribution in [3.8, 4) is 0 Å². The summed E-state index contributed by atoms with van der Waals surface area (Å²) in [5.74, 6) is 0.949. The summed E-state index contributed by atoms with van der Waals surface area (Å²) in [7, 11) is 0. The zero-order chi connectivity index (χ0) is 15.2. The summed E-state index contributed by atoms with van der Waals surface area (Å²) in [6, 6.07) is 0. The molecule has 0 heterocycles. The Morgan fingerprint density at radius 2 is 1.00 bits per heavy atom. The fraction of sp³-hybridized carbons (Fsp3) is 1.00. The quantitative estimate of drug-likeness (QED) is 0.456. The maximum Gasteiger partial charge on any atom is -0.0446 e. The lowest BCUT2D eigenvalue weighted by Crippen LogP contribution is -1.88. The van der Waals surface area contributed by atoms with Gasteiger partial charge in [-0.15, -0.1) is 0 Å². The lowest BCUT2D eigenvalue weighted by atomic mass is 10.0. The van der Waals surface area contributed by atoms with Crippen LogP contribution < -0.4 is 0 Å². The lowest BCUT2D eigenvalue weighted by Gasteiger charge is -2.02. The Bertz CT molecular complexity index is 72.1. The lowest BCUT2D eigenvalue weighted by molar-refractivity contribution is 0.509. The van der Waals surface area contributed by atoms with Crippen molar-refractivity contribution in [2.24, 2.45) is 5.92 Å². The van der Waals surface area contributed by atoms with Gasteiger partial charge in [-0.2, -0.15) is 0 Å². The van der Waals surface area contributed by atoms with Gasteiger partial charge in [0.25, 0.3) is 0 Å². The van der Waals surface area contributed by atoms with Crippen molar-refractivity contribution in [1.82, 2.24) is 0 Å². The van der Waals surface area contributed by atoms with Crippen LogP contribution in [0, 0.1) is 5.92 Å². The van der Waals surface area contributed by atoms with Gasteiger partial charge in [-0.3, -0.25) is 0 Å². The van der Waals surface area contributed by atoms with Crippen LogP contribution in [0.2, 0.25) is 0 Å². The summed E-state index contributed by atoms with van der Waals surface area (Å²) >= 11 is 0. The van der Waals surface area contributed by atoms with Crippen molar-refractivity contribution in [1.29, 1.82) is 0 Å². The molecule has 0 heteroatoms. The van der Waals surface area contributed by atoms with Gasteiger partial charge in [0.1, 0.15) is 0 Å². The largest absolute Gasteiger partial charge is 0.0683 e. The molecular formula is C18H44. The van der Waals surface area contributed by atoms with Gasteiger partial charge in [-0.05, 0) is 5.92 Å². The van der Waals surface area contributed by atoms with E-state index in [1.807, 2.05) is 13.8 Å². The van der Waals surface area contributed by atoms with Crippen LogP contribution in [0.3, 0.4) is 0 Å². The predicted octanol–water partition coefficient (Wildman–Crippen LogP) is 7.86. The Kier molecular flexibility index (Phi) is 53.0. The molecule has 0 bridgehead atoms.